The van der Waals surface area contributed by atoms with Gasteiger partial charge < -0.3 is 5.32 Å². The van der Waals surface area contributed by atoms with E-state index in [-0.39, 0.29) is 6.04 Å². The highest BCUT2D eigenvalue weighted by atomic mass is 35.5. The summed E-state index contributed by atoms with van der Waals surface area (Å²) in [5, 5.41) is 4.43. The number of nitrogens with one attached hydrogen (secondary N) is 1. The second-order valence-corrected chi connectivity index (χ2v) is 5.71. The second-order valence-electron chi connectivity index (χ2n) is 5.33. The molecule has 0 radical (unpaired) electrons. The van der Waals surface area contributed by atoms with E-state index in [2.05, 4.69) is 69.4 Å². The predicted octanol–water partition coefficient (Wildman–Crippen LogP) is 4.96. The van der Waals surface area contributed by atoms with Crippen LogP contribution in [0.3, 0.4) is 0 Å². The topological polar surface area (TPSA) is 12.0 Å². The third kappa shape index (κ3) is 3.05. The number of aryl methyl sites for hydroxylation is 3. The van der Waals surface area contributed by atoms with E-state index in [4.69, 9.17) is 11.6 Å². The molecular weight excluding hydrogens is 266 g/mol. The number of halogens is 1. The molecule has 2 aromatic rings. The van der Waals surface area contributed by atoms with Gasteiger partial charge in [0.1, 0.15) is 0 Å². The molecule has 0 saturated heterocycles. The lowest BCUT2D eigenvalue weighted by Crippen LogP contribution is -2.23. The summed E-state index contributed by atoms with van der Waals surface area (Å²) < 4.78 is 0. The fourth-order valence-electron chi connectivity index (χ4n) is 2.56. The Morgan fingerprint density at radius 1 is 1.00 bits per heavy atom. The smallest absolute Gasteiger partial charge is 0.0594 e. The van der Waals surface area contributed by atoms with Crippen molar-refractivity contribution in [2.45, 2.75) is 33.7 Å². The Hall–Kier alpha value is -1.31. The van der Waals surface area contributed by atoms with E-state index in [1.165, 1.54) is 16.7 Å². The highest BCUT2D eigenvalue weighted by Gasteiger charge is 2.18. The van der Waals surface area contributed by atoms with Crippen molar-refractivity contribution in [2.24, 2.45) is 0 Å². The van der Waals surface area contributed by atoms with E-state index in [0.717, 1.165) is 22.7 Å². The average molecular weight is 288 g/mol. The number of hydrogen-bond donors (Lipinski definition) is 1. The molecule has 0 heterocycles. The van der Waals surface area contributed by atoms with Gasteiger partial charge in [-0.1, -0.05) is 60.5 Å². The van der Waals surface area contributed by atoms with E-state index in [1.54, 1.807) is 0 Å². The molecule has 0 spiro atoms. The highest BCUT2D eigenvalue weighted by Crippen LogP contribution is 2.32. The van der Waals surface area contributed by atoms with E-state index in [1.807, 2.05) is 0 Å². The van der Waals surface area contributed by atoms with E-state index in [0.29, 0.717) is 0 Å². The normalized spacial score (nSPS) is 12.4. The summed E-state index contributed by atoms with van der Waals surface area (Å²) in [6.07, 6.45) is 0. The second kappa shape index (κ2) is 6.43. The maximum atomic E-state index is 6.53. The van der Waals surface area contributed by atoms with Gasteiger partial charge in [-0.05, 0) is 49.6 Å². The largest absolute Gasteiger partial charge is 0.306 e. The first kappa shape index (κ1) is 15.1. The van der Waals surface area contributed by atoms with Gasteiger partial charge in [0.15, 0.2) is 0 Å². The zero-order valence-electron chi connectivity index (χ0n) is 12.6. The molecule has 1 unspecified atom stereocenters. The molecular formula is C18H22ClN. The minimum absolute atomic E-state index is 0.146. The monoisotopic (exact) mass is 287 g/mol. The van der Waals surface area contributed by atoms with Crippen LogP contribution in [0.4, 0.5) is 0 Å². The molecule has 1 N–H and O–H groups in total. The van der Waals surface area contributed by atoms with Crippen LogP contribution < -0.4 is 5.32 Å². The van der Waals surface area contributed by atoms with Crippen LogP contribution in [0, 0.1) is 20.8 Å². The Kier molecular flexibility index (Phi) is 4.85. The molecule has 1 atom stereocenters. The van der Waals surface area contributed by atoms with Gasteiger partial charge in [0.2, 0.25) is 0 Å². The minimum Gasteiger partial charge on any atom is -0.306 e. The quantitative estimate of drug-likeness (QED) is 0.838. The van der Waals surface area contributed by atoms with Gasteiger partial charge in [-0.15, -0.1) is 0 Å². The summed E-state index contributed by atoms with van der Waals surface area (Å²) in [5.74, 6) is 0. The standard InChI is InChI=1S/C18H22ClN/c1-5-20-18(15-8-6-7-14(4)17(15)19)16-11-12(2)9-10-13(16)3/h6-11,18,20H,5H2,1-4H3. The van der Waals surface area contributed by atoms with Crippen molar-refractivity contribution >= 4 is 11.6 Å². The number of benzene rings is 2. The van der Waals surface area contributed by atoms with E-state index < -0.39 is 0 Å². The average Bonchev–Trinajstić information content (AvgIpc) is 2.43. The summed E-state index contributed by atoms with van der Waals surface area (Å²) in [6, 6.07) is 13.0. The molecule has 0 aliphatic heterocycles. The van der Waals surface area contributed by atoms with Crippen molar-refractivity contribution in [1.29, 1.82) is 0 Å². The van der Waals surface area contributed by atoms with Crippen LogP contribution in [-0.4, -0.2) is 6.54 Å². The SMILES string of the molecule is CCNC(c1cc(C)ccc1C)c1cccc(C)c1Cl. The third-order valence-electron chi connectivity index (χ3n) is 3.69. The predicted molar refractivity (Wildman–Crippen MR) is 87.6 cm³/mol. The fourth-order valence-corrected chi connectivity index (χ4v) is 2.79. The molecule has 0 aromatic heterocycles. The summed E-state index contributed by atoms with van der Waals surface area (Å²) in [5.41, 5.74) is 6.15. The molecule has 0 aliphatic rings. The van der Waals surface area contributed by atoms with Gasteiger partial charge in [-0.25, -0.2) is 0 Å². The maximum Gasteiger partial charge on any atom is 0.0594 e. The Bertz CT molecular complexity index is 602. The zero-order valence-corrected chi connectivity index (χ0v) is 13.4. The number of hydrogen-bond acceptors (Lipinski definition) is 1. The molecule has 106 valence electrons. The summed E-state index contributed by atoms with van der Waals surface area (Å²) >= 11 is 6.53. The minimum atomic E-state index is 0.146. The summed E-state index contributed by atoms with van der Waals surface area (Å²) in [4.78, 5) is 0. The van der Waals surface area contributed by atoms with Gasteiger partial charge >= 0.3 is 0 Å². The summed E-state index contributed by atoms with van der Waals surface area (Å²) in [6.45, 7) is 9.37. The van der Waals surface area contributed by atoms with Gasteiger partial charge in [-0.2, -0.15) is 0 Å². The molecule has 0 aliphatic carbocycles. The molecule has 0 amide bonds. The van der Waals surface area contributed by atoms with Crippen molar-refractivity contribution in [3.8, 4) is 0 Å². The molecule has 0 bridgehead atoms. The van der Waals surface area contributed by atoms with Gasteiger partial charge in [0, 0.05) is 5.02 Å². The molecule has 0 saturated carbocycles. The van der Waals surface area contributed by atoms with Gasteiger partial charge in [-0.3, -0.25) is 0 Å². The van der Waals surface area contributed by atoms with Crippen molar-refractivity contribution in [1.82, 2.24) is 5.32 Å². The van der Waals surface area contributed by atoms with E-state index in [9.17, 15) is 0 Å². The van der Waals surface area contributed by atoms with Crippen molar-refractivity contribution < 1.29 is 0 Å². The van der Waals surface area contributed by atoms with Crippen LogP contribution >= 0.6 is 11.6 Å². The lowest BCUT2D eigenvalue weighted by atomic mass is 9.92. The zero-order chi connectivity index (χ0) is 14.7. The first-order chi connectivity index (χ1) is 9.54. The molecule has 2 aromatic carbocycles. The Morgan fingerprint density at radius 3 is 2.45 bits per heavy atom. The van der Waals surface area contributed by atoms with Crippen LogP contribution in [0.1, 0.15) is 40.8 Å². The van der Waals surface area contributed by atoms with Crippen molar-refractivity contribution in [3.63, 3.8) is 0 Å². The van der Waals surface area contributed by atoms with Crippen LogP contribution in [0.25, 0.3) is 0 Å². The molecule has 20 heavy (non-hydrogen) atoms. The fraction of sp³-hybridized carbons (Fsp3) is 0.333. The molecule has 2 rings (SSSR count). The van der Waals surface area contributed by atoms with Crippen LogP contribution in [0.5, 0.6) is 0 Å². The van der Waals surface area contributed by atoms with Crippen molar-refractivity contribution in [2.75, 3.05) is 6.54 Å². The first-order valence-electron chi connectivity index (χ1n) is 7.10. The van der Waals surface area contributed by atoms with Crippen LogP contribution in [0.15, 0.2) is 36.4 Å². The van der Waals surface area contributed by atoms with Gasteiger partial charge in [0.25, 0.3) is 0 Å². The number of rotatable bonds is 4. The third-order valence-corrected chi connectivity index (χ3v) is 4.20. The highest BCUT2D eigenvalue weighted by molar-refractivity contribution is 6.32. The van der Waals surface area contributed by atoms with Crippen LogP contribution in [-0.2, 0) is 0 Å². The Labute approximate surface area is 127 Å². The lowest BCUT2D eigenvalue weighted by molar-refractivity contribution is 0.627. The first-order valence-corrected chi connectivity index (χ1v) is 7.48. The molecule has 1 nitrogen and oxygen atoms in total. The van der Waals surface area contributed by atoms with E-state index >= 15 is 0 Å². The molecule has 0 fully saturated rings. The molecule has 2 heteroatoms. The van der Waals surface area contributed by atoms with Crippen molar-refractivity contribution in [3.05, 3.63) is 69.2 Å². The lowest BCUT2D eigenvalue weighted by Gasteiger charge is -2.23. The Balaban J connectivity index is 2.56. The Morgan fingerprint density at radius 2 is 1.75 bits per heavy atom. The maximum absolute atomic E-state index is 6.53. The summed E-state index contributed by atoms with van der Waals surface area (Å²) in [7, 11) is 0. The van der Waals surface area contributed by atoms with Gasteiger partial charge in [0.05, 0.1) is 6.04 Å². The van der Waals surface area contributed by atoms with Crippen LogP contribution in [0.2, 0.25) is 5.02 Å².